The molecule has 19 heavy (non-hydrogen) atoms. The number of carboxylic acids is 1. The van der Waals surface area contributed by atoms with Gasteiger partial charge in [0.1, 0.15) is 6.04 Å². The van der Waals surface area contributed by atoms with E-state index in [1.807, 2.05) is 0 Å². The molecule has 4 N–H and O–H groups in total. The van der Waals surface area contributed by atoms with Gasteiger partial charge >= 0.3 is 5.97 Å². The molecule has 2 aliphatic rings. The Balaban J connectivity index is 2.16. The lowest BCUT2D eigenvalue weighted by Gasteiger charge is -2.39. The Kier molecular flexibility index (Phi) is 3.82. The predicted octanol–water partition coefficient (Wildman–Crippen LogP) is -0.0596. The van der Waals surface area contributed by atoms with Crippen LogP contribution in [0.5, 0.6) is 0 Å². The summed E-state index contributed by atoms with van der Waals surface area (Å²) in [5.41, 5.74) is 5.25. The van der Waals surface area contributed by atoms with Gasteiger partial charge in [0.15, 0.2) is 0 Å². The fraction of sp³-hybridized carbons (Fsp3) is 0.846. The van der Waals surface area contributed by atoms with Gasteiger partial charge < -0.3 is 20.8 Å². The normalized spacial score (nSPS) is 39.3. The van der Waals surface area contributed by atoms with Crippen LogP contribution in [-0.4, -0.2) is 51.2 Å². The van der Waals surface area contributed by atoms with E-state index in [0.29, 0.717) is 18.8 Å². The number of aliphatic carboxylic acids is 1. The van der Waals surface area contributed by atoms with Gasteiger partial charge in [0.05, 0.1) is 11.6 Å². The van der Waals surface area contributed by atoms with Crippen molar-refractivity contribution < 1.29 is 19.8 Å². The highest BCUT2D eigenvalue weighted by molar-refractivity contribution is 5.90. The number of β-amino-alcohol motifs (C(OH)–C–C–N with tert-alkyl or cyclic N) is 1. The number of hydrogen-bond donors (Lipinski definition) is 3. The molecule has 6 nitrogen and oxygen atoms in total. The largest absolute Gasteiger partial charge is 0.480 e. The van der Waals surface area contributed by atoms with Crippen molar-refractivity contribution in [2.75, 3.05) is 6.54 Å². The van der Waals surface area contributed by atoms with Crippen molar-refractivity contribution in [1.29, 1.82) is 0 Å². The molecular weight excluding hydrogens is 248 g/mol. The number of nitrogens with two attached hydrogens (primary N) is 1. The zero-order chi connectivity index (χ0) is 14.2. The van der Waals surface area contributed by atoms with Crippen molar-refractivity contribution in [3.05, 3.63) is 0 Å². The molecule has 4 atom stereocenters. The summed E-state index contributed by atoms with van der Waals surface area (Å²) in [6.07, 6.45) is 2.44. The molecule has 1 aliphatic carbocycles. The van der Waals surface area contributed by atoms with Gasteiger partial charge in [-0.2, -0.15) is 0 Å². The standard InChI is InChI=1S/C13H22N2O4/c1-8-3-2-4-13(14,6-8)12(19)15-7-9(16)5-10(15)11(17)18/h8-10,16H,2-7,14H2,1H3,(H,17,18)/t8?,9?,10-,13?/m0/s1. The Labute approximate surface area is 112 Å². The van der Waals surface area contributed by atoms with Gasteiger partial charge in [-0.05, 0) is 18.8 Å². The van der Waals surface area contributed by atoms with Crippen LogP contribution in [0.1, 0.15) is 39.0 Å². The van der Waals surface area contributed by atoms with E-state index in [1.54, 1.807) is 0 Å². The molecular formula is C13H22N2O4. The Morgan fingerprint density at radius 3 is 2.68 bits per heavy atom. The van der Waals surface area contributed by atoms with Crippen LogP contribution in [0.4, 0.5) is 0 Å². The number of likely N-dealkylation sites (tertiary alicyclic amines) is 1. The molecule has 1 amide bonds. The van der Waals surface area contributed by atoms with Gasteiger partial charge in [0.25, 0.3) is 0 Å². The number of aliphatic hydroxyl groups is 1. The highest BCUT2D eigenvalue weighted by Crippen LogP contribution is 2.33. The van der Waals surface area contributed by atoms with Crippen LogP contribution in [-0.2, 0) is 9.59 Å². The number of nitrogens with zero attached hydrogens (tertiary/aromatic N) is 1. The lowest BCUT2D eigenvalue weighted by atomic mass is 9.76. The van der Waals surface area contributed by atoms with E-state index in [2.05, 4.69) is 6.92 Å². The zero-order valence-electron chi connectivity index (χ0n) is 11.2. The number of carbonyl (C=O) groups excluding carboxylic acids is 1. The number of carboxylic acid groups (broad SMARTS) is 1. The summed E-state index contributed by atoms with van der Waals surface area (Å²) < 4.78 is 0. The molecule has 1 saturated carbocycles. The molecule has 0 radical (unpaired) electrons. The van der Waals surface area contributed by atoms with Crippen molar-refractivity contribution in [3.63, 3.8) is 0 Å². The quantitative estimate of drug-likeness (QED) is 0.652. The first kappa shape index (κ1) is 14.3. The van der Waals surface area contributed by atoms with Crippen molar-refractivity contribution in [3.8, 4) is 0 Å². The minimum atomic E-state index is -1.07. The Hall–Kier alpha value is -1.14. The molecule has 1 saturated heterocycles. The third-order valence-corrected chi connectivity index (χ3v) is 4.28. The molecule has 0 bridgehead atoms. The molecule has 1 heterocycles. The number of amides is 1. The highest BCUT2D eigenvalue weighted by atomic mass is 16.4. The summed E-state index contributed by atoms with van der Waals surface area (Å²) in [5.74, 6) is -1.01. The lowest BCUT2D eigenvalue weighted by molar-refractivity contribution is -0.151. The SMILES string of the molecule is CC1CCCC(N)(C(=O)N2CC(O)C[C@H]2C(=O)O)C1. The van der Waals surface area contributed by atoms with Crippen LogP contribution in [0.3, 0.4) is 0 Å². The third-order valence-electron chi connectivity index (χ3n) is 4.28. The van der Waals surface area contributed by atoms with Crippen LogP contribution in [0.15, 0.2) is 0 Å². The minimum absolute atomic E-state index is 0.0726. The maximum Gasteiger partial charge on any atom is 0.326 e. The summed E-state index contributed by atoms with van der Waals surface area (Å²) in [5, 5.41) is 18.7. The van der Waals surface area contributed by atoms with Crippen LogP contribution in [0.25, 0.3) is 0 Å². The van der Waals surface area contributed by atoms with Gasteiger partial charge in [-0.1, -0.05) is 19.8 Å². The molecule has 0 aromatic rings. The average Bonchev–Trinajstić information content (AvgIpc) is 2.70. The smallest absolute Gasteiger partial charge is 0.326 e. The number of carbonyl (C=O) groups is 2. The molecule has 0 aromatic heterocycles. The predicted molar refractivity (Wildman–Crippen MR) is 68.3 cm³/mol. The van der Waals surface area contributed by atoms with Gasteiger partial charge in [0.2, 0.25) is 5.91 Å². The van der Waals surface area contributed by atoms with Gasteiger partial charge in [-0.25, -0.2) is 4.79 Å². The topological polar surface area (TPSA) is 104 Å². The third kappa shape index (κ3) is 2.74. The Morgan fingerprint density at radius 2 is 2.11 bits per heavy atom. The monoisotopic (exact) mass is 270 g/mol. The number of aliphatic hydroxyl groups excluding tert-OH is 1. The summed E-state index contributed by atoms with van der Waals surface area (Å²) in [6, 6.07) is -0.944. The van der Waals surface area contributed by atoms with E-state index in [9.17, 15) is 14.7 Å². The van der Waals surface area contributed by atoms with E-state index in [1.165, 1.54) is 4.90 Å². The summed E-state index contributed by atoms with van der Waals surface area (Å²) >= 11 is 0. The van der Waals surface area contributed by atoms with Crippen molar-refractivity contribution in [2.24, 2.45) is 11.7 Å². The van der Waals surface area contributed by atoms with Crippen molar-refractivity contribution >= 4 is 11.9 Å². The molecule has 6 heteroatoms. The van der Waals surface area contributed by atoms with Crippen LogP contribution >= 0.6 is 0 Å². The Bertz CT molecular complexity index is 387. The minimum Gasteiger partial charge on any atom is -0.480 e. The lowest BCUT2D eigenvalue weighted by Crippen LogP contribution is -2.59. The molecule has 2 rings (SSSR count). The van der Waals surface area contributed by atoms with Crippen molar-refractivity contribution in [1.82, 2.24) is 4.90 Å². The van der Waals surface area contributed by atoms with Gasteiger partial charge in [-0.15, -0.1) is 0 Å². The van der Waals surface area contributed by atoms with E-state index in [0.717, 1.165) is 12.8 Å². The summed E-state index contributed by atoms with van der Waals surface area (Å²) in [6.45, 7) is 2.13. The van der Waals surface area contributed by atoms with Crippen LogP contribution in [0, 0.1) is 5.92 Å². The maximum absolute atomic E-state index is 12.6. The number of hydrogen-bond acceptors (Lipinski definition) is 4. The molecule has 1 aliphatic heterocycles. The van der Waals surface area contributed by atoms with Crippen molar-refractivity contribution in [2.45, 2.75) is 56.7 Å². The average molecular weight is 270 g/mol. The Morgan fingerprint density at radius 1 is 1.42 bits per heavy atom. The molecule has 0 spiro atoms. The molecule has 0 aromatic carbocycles. The second-order valence-electron chi connectivity index (χ2n) is 6.06. The van der Waals surface area contributed by atoms with Gasteiger partial charge in [-0.3, -0.25) is 4.79 Å². The van der Waals surface area contributed by atoms with E-state index in [-0.39, 0.29) is 18.9 Å². The maximum atomic E-state index is 12.6. The first-order valence-corrected chi connectivity index (χ1v) is 6.84. The van der Waals surface area contributed by atoms with E-state index < -0.39 is 23.7 Å². The fourth-order valence-electron chi connectivity index (χ4n) is 3.34. The second-order valence-corrected chi connectivity index (χ2v) is 6.06. The van der Waals surface area contributed by atoms with E-state index >= 15 is 0 Å². The zero-order valence-corrected chi connectivity index (χ0v) is 11.2. The summed E-state index contributed by atoms with van der Waals surface area (Å²) in [4.78, 5) is 25.0. The first-order chi connectivity index (χ1) is 8.83. The first-order valence-electron chi connectivity index (χ1n) is 6.84. The molecule has 3 unspecified atom stereocenters. The summed E-state index contributed by atoms with van der Waals surface area (Å²) in [7, 11) is 0. The van der Waals surface area contributed by atoms with E-state index in [4.69, 9.17) is 10.8 Å². The van der Waals surface area contributed by atoms with Gasteiger partial charge in [0, 0.05) is 13.0 Å². The molecule has 108 valence electrons. The second kappa shape index (κ2) is 5.09. The number of rotatable bonds is 2. The fourth-order valence-corrected chi connectivity index (χ4v) is 3.34. The molecule has 2 fully saturated rings. The highest BCUT2D eigenvalue weighted by Gasteiger charge is 2.47. The van der Waals surface area contributed by atoms with Crippen LogP contribution < -0.4 is 5.73 Å². The van der Waals surface area contributed by atoms with Crippen LogP contribution in [0.2, 0.25) is 0 Å².